The lowest BCUT2D eigenvalue weighted by molar-refractivity contribution is 0.0168. The maximum Gasteiger partial charge on any atom is 0.0958 e. The molecule has 0 bridgehead atoms. The second-order valence-corrected chi connectivity index (χ2v) is 5.89. The molecule has 19 heavy (non-hydrogen) atoms. The Morgan fingerprint density at radius 3 is 3.11 bits per heavy atom. The molecule has 0 radical (unpaired) electrons. The Labute approximate surface area is 117 Å². The number of rotatable bonds is 3. The number of nitrogens with two attached hydrogens (primary N) is 1. The molecule has 0 amide bonds. The van der Waals surface area contributed by atoms with Crippen molar-refractivity contribution in [1.29, 1.82) is 0 Å². The Balaban J connectivity index is 1.72. The molecular formula is C15H18N2OS. The number of hydrogen-bond acceptors (Lipinski definition) is 4. The van der Waals surface area contributed by atoms with E-state index in [-0.39, 0.29) is 0 Å². The minimum absolute atomic E-state index is 0.355. The van der Waals surface area contributed by atoms with E-state index < -0.39 is 0 Å². The maximum atomic E-state index is 5.81. The van der Waals surface area contributed by atoms with Gasteiger partial charge in [0.1, 0.15) is 0 Å². The molecule has 1 aliphatic heterocycles. The minimum atomic E-state index is 0.355. The van der Waals surface area contributed by atoms with Crippen molar-refractivity contribution in [2.75, 3.05) is 12.3 Å². The Morgan fingerprint density at radius 2 is 2.32 bits per heavy atom. The van der Waals surface area contributed by atoms with E-state index in [1.165, 1.54) is 12.8 Å². The fourth-order valence-electron chi connectivity index (χ4n) is 2.40. The van der Waals surface area contributed by atoms with Gasteiger partial charge in [-0.05, 0) is 31.4 Å². The van der Waals surface area contributed by atoms with Crippen LogP contribution in [0.1, 0.15) is 24.3 Å². The topological polar surface area (TPSA) is 48.1 Å². The highest BCUT2D eigenvalue weighted by atomic mass is 32.1. The van der Waals surface area contributed by atoms with E-state index in [2.05, 4.69) is 5.38 Å². The normalized spacial score (nSPS) is 19.5. The van der Waals surface area contributed by atoms with Crippen LogP contribution < -0.4 is 5.73 Å². The molecule has 3 nitrogen and oxygen atoms in total. The molecule has 100 valence electrons. The van der Waals surface area contributed by atoms with Gasteiger partial charge in [0.05, 0.1) is 16.8 Å². The summed E-state index contributed by atoms with van der Waals surface area (Å²) >= 11 is 1.71. The molecule has 1 saturated heterocycles. The van der Waals surface area contributed by atoms with Crippen LogP contribution in [0.3, 0.4) is 0 Å². The van der Waals surface area contributed by atoms with Gasteiger partial charge in [0.2, 0.25) is 0 Å². The molecule has 3 rings (SSSR count). The highest BCUT2D eigenvalue weighted by molar-refractivity contribution is 7.09. The lowest BCUT2D eigenvalue weighted by Crippen LogP contribution is -2.21. The number of aromatic nitrogens is 1. The number of nitrogens with zero attached hydrogens (tertiary/aromatic N) is 1. The van der Waals surface area contributed by atoms with Crippen LogP contribution in [0.5, 0.6) is 0 Å². The number of hydrogen-bond donors (Lipinski definition) is 1. The molecule has 1 aromatic carbocycles. The van der Waals surface area contributed by atoms with Crippen molar-refractivity contribution in [3.05, 3.63) is 34.7 Å². The van der Waals surface area contributed by atoms with Crippen LogP contribution in [0.15, 0.2) is 29.6 Å². The lowest BCUT2D eigenvalue weighted by Gasteiger charge is -2.21. The van der Waals surface area contributed by atoms with Crippen molar-refractivity contribution in [3.63, 3.8) is 0 Å². The van der Waals surface area contributed by atoms with Crippen LogP contribution >= 0.6 is 11.3 Å². The molecule has 1 atom stereocenters. The van der Waals surface area contributed by atoms with Crippen molar-refractivity contribution in [2.24, 2.45) is 0 Å². The fourth-order valence-corrected chi connectivity index (χ4v) is 3.27. The first kappa shape index (κ1) is 12.6. The van der Waals surface area contributed by atoms with Crippen LogP contribution in [0, 0.1) is 0 Å². The molecule has 2 N–H and O–H groups in total. The molecule has 1 aromatic heterocycles. The number of thiazole rings is 1. The Morgan fingerprint density at radius 1 is 1.37 bits per heavy atom. The quantitative estimate of drug-likeness (QED) is 0.871. The first-order valence-corrected chi connectivity index (χ1v) is 7.61. The highest BCUT2D eigenvalue weighted by Gasteiger charge is 2.16. The van der Waals surface area contributed by atoms with E-state index >= 15 is 0 Å². The summed E-state index contributed by atoms with van der Waals surface area (Å²) in [5, 5.41) is 3.26. The summed E-state index contributed by atoms with van der Waals surface area (Å²) in [5.41, 5.74) is 8.69. The highest BCUT2D eigenvalue weighted by Crippen LogP contribution is 2.25. The van der Waals surface area contributed by atoms with Gasteiger partial charge in [-0.25, -0.2) is 4.98 Å². The first-order valence-electron chi connectivity index (χ1n) is 6.73. The van der Waals surface area contributed by atoms with Gasteiger partial charge < -0.3 is 10.5 Å². The van der Waals surface area contributed by atoms with Gasteiger partial charge in [0, 0.05) is 29.7 Å². The zero-order chi connectivity index (χ0) is 13.1. The third-order valence-corrected chi connectivity index (χ3v) is 4.28. The molecule has 4 heteroatoms. The third-order valence-electron chi connectivity index (χ3n) is 3.41. The average molecular weight is 274 g/mol. The number of anilines is 1. The summed E-state index contributed by atoms with van der Waals surface area (Å²) in [5.74, 6) is 0. The summed E-state index contributed by atoms with van der Waals surface area (Å²) in [6.07, 6.45) is 4.93. The van der Waals surface area contributed by atoms with Crippen molar-refractivity contribution in [1.82, 2.24) is 4.98 Å². The van der Waals surface area contributed by atoms with Crippen LogP contribution in [0.25, 0.3) is 11.3 Å². The van der Waals surface area contributed by atoms with E-state index in [0.717, 1.165) is 41.4 Å². The molecule has 0 aliphatic carbocycles. The average Bonchev–Trinajstić information content (AvgIpc) is 2.88. The summed E-state index contributed by atoms with van der Waals surface area (Å²) in [4.78, 5) is 4.70. The second-order valence-electron chi connectivity index (χ2n) is 4.94. The lowest BCUT2D eigenvalue weighted by atomic mass is 10.1. The molecule has 1 aliphatic rings. The molecule has 0 saturated carbocycles. The molecule has 2 heterocycles. The van der Waals surface area contributed by atoms with Crippen LogP contribution in [-0.2, 0) is 11.2 Å². The standard InChI is InChI=1S/C15H18N2OS/c16-12-5-3-4-11(8-12)14-10-19-15(17-14)9-13-6-1-2-7-18-13/h3-5,8,10,13H,1-2,6-7,9,16H2. The van der Waals surface area contributed by atoms with E-state index in [4.69, 9.17) is 15.5 Å². The summed E-state index contributed by atoms with van der Waals surface area (Å²) in [6.45, 7) is 0.901. The third kappa shape index (κ3) is 3.14. The van der Waals surface area contributed by atoms with E-state index in [0.29, 0.717) is 6.10 Å². The fraction of sp³-hybridized carbons (Fsp3) is 0.400. The van der Waals surface area contributed by atoms with Gasteiger partial charge in [0.25, 0.3) is 0 Å². The Hall–Kier alpha value is -1.39. The van der Waals surface area contributed by atoms with Crippen LogP contribution in [0.4, 0.5) is 5.69 Å². The molecule has 1 fully saturated rings. The van der Waals surface area contributed by atoms with Crippen molar-refractivity contribution in [3.8, 4) is 11.3 Å². The molecule has 1 unspecified atom stereocenters. The van der Waals surface area contributed by atoms with E-state index in [1.54, 1.807) is 11.3 Å². The van der Waals surface area contributed by atoms with Crippen molar-refractivity contribution < 1.29 is 4.74 Å². The number of ether oxygens (including phenoxy) is 1. The predicted molar refractivity (Wildman–Crippen MR) is 79.3 cm³/mol. The zero-order valence-electron chi connectivity index (χ0n) is 10.8. The van der Waals surface area contributed by atoms with Gasteiger partial charge in [-0.2, -0.15) is 0 Å². The van der Waals surface area contributed by atoms with Gasteiger partial charge in [-0.1, -0.05) is 12.1 Å². The smallest absolute Gasteiger partial charge is 0.0958 e. The zero-order valence-corrected chi connectivity index (χ0v) is 11.7. The summed E-state index contributed by atoms with van der Waals surface area (Å²) < 4.78 is 5.76. The van der Waals surface area contributed by atoms with Crippen LogP contribution in [0.2, 0.25) is 0 Å². The Kier molecular flexibility index (Phi) is 3.80. The minimum Gasteiger partial charge on any atom is -0.399 e. The number of nitrogen functional groups attached to an aromatic ring is 1. The second kappa shape index (κ2) is 5.72. The molecule has 2 aromatic rings. The number of benzene rings is 1. The largest absolute Gasteiger partial charge is 0.399 e. The van der Waals surface area contributed by atoms with Gasteiger partial charge in [-0.3, -0.25) is 0 Å². The monoisotopic (exact) mass is 274 g/mol. The Bertz CT molecular complexity index is 547. The maximum absolute atomic E-state index is 5.81. The van der Waals surface area contributed by atoms with Crippen molar-refractivity contribution in [2.45, 2.75) is 31.8 Å². The SMILES string of the molecule is Nc1cccc(-c2csc(CC3CCCCO3)n2)c1. The predicted octanol–water partition coefficient (Wildman–Crippen LogP) is 3.50. The van der Waals surface area contributed by atoms with Crippen LogP contribution in [-0.4, -0.2) is 17.7 Å². The molecular weight excluding hydrogens is 256 g/mol. The van der Waals surface area contributed by atoms with E-state index in [9.17, 15) is 0 Å². The van der Waals surface area contributed by atoms with Gasteiger partial charge >= 0.3 is 0 Å². The summed E-state index contributed by atoms with van der Waals surface area (Å²) in [7, 11) is 0. The first-order chi connectivity index (χ1) is 9.31. The van der Waals surface area contributed by atoms with Gasteiger partial charge in [0.15, 0.2) is 0 Å². The summed E-state index contributed by atoms with van der Waals surface area (Å²) in [6, 6.07) is 7.88. The van der Waals surface area contributed by atoms with E-state index in [1.807, 2.05) is 24.3 Å². The molecule has 0 spiro atoms. The van der Waals surface area contributed by atoms with Gasteiger partial charge in [-0.15, -0.1) is 11.3 Å². The van der Waals surface area contributed by atoms with Crippen molar-refractivity contribution >= 4 is 17.0 Å².